The van der Waals surface area contributed by atoms with Gasteiger partial charge in [-0.2, -0.15) is 0 Å². The highest BCUT2D eigenvalue weighted by Crippen LogP contribution is 2.27. The molecular weight excluding hydrogens is 266 g/mol. The van der Waals surface area contributed by atoms with Crippen LogP contribution in [0.25, 0.3) is 0 Å². The van der Waals surface area contributed by atoms with Crippen LogP contribution in [0.15, 0.2) is 18.2 Å². The number of methoxy groups -OCH3 is 2. The quantitative estimate of drug-likeness (QED) is 0.688. The summed E-state index contributed by atoms with van der Waals surface area (Å²) in [6.45, 7) is 4.48. The van der Waals surface area contributed by atoms with E-state index in [-0.39, 0.29) is 0 Å². The van der Waals surface area contributed by atoms with Gasteiger partial charge >= 0.3 is 0 Å². The Hall–Kier alpha value is -1.42. The SMILES string of the molecule is COc1cc(OC)cc(OCCCCN2CCCCC2)c1. The Bertz CT molecular complexity index is 394. The van der Waals surface area contributed by atoms with Gasteiger partial charge in [0.2, 0.25) is 0 Å². The Morgan fingerprint density at radius 3 is 2.10 bits per heavy atom. The molecule has 1 aromatic rings. The van der Waals surface area contributed by atoms with Gasteiger partial charge in [0.1, 0.15) is 17.2 Å². The smallest absolute Gasteiger partial charge is 0.126 e. The van der Waals surface area contributed by atoms with Crippen molar-refractivity contribution in [3.8, 4) is 17.2 Å². The lowest BCUT2D eigenvalue weighted by Crippen LogP contribution is -2.30. The van der Waals surface area contributed by atoms with Crippen LogP contribution in [0.5, 0.6) is 17.2 Å². The molecule has 0 bridgehead atoms. The number of piperidine rings is 1. The van der Waals surface area contributed by atoms with E-state index in [1.165, 1.54) is 45.3 Å². The number of unbranched alkanes of at least 4 members (excludes halogenated alkanes) is 1. The third kappa shape index (κ3) is 5.46. The van der Waals surface area contributed by atoms with Gasteiger partial charge in [0.05, 0.1) is 20.8 Å². The van der Waals surface area contributed by atoms with Crippen LogP contribution in [0.1, 0.15) is 32.1 Å². The van der Waals surface area contributed by atoms with Crippen molar-refractivity contribution in [2.24, 2.45) is 0 Å². The normalized spacial score (nSPS) is 15.7. The number of rotatable bonds is 8. The molecule has 0 spiro atoms. The van der Waals surface area contributed by atoms with Crippen molar-refractivity contribution in [1.29, 1.82) is 0 Å². The van der Waals surface area contributed by atoms with E-state index in [0.717, 1.165) is 30.3 Å². The molecule has 0 atom stereocenters. The number of hydrogen-bond donors (Lipinski definition) is 0. The highest BCUT2D eigenvalue weighted by atomic mass is 16.5. The van der Waals surface area contributed by atoms with E-state index in [4.69, 9.17) is 14.2 Å². The maximum absolute atomic E-state index is 5.80. The van der Waals surface area contributed by atoms with E-state index in [9.17, 15) is 0 Å². The average Bonchev–Trinajstić information content (AvgIpc) is 2.55. The lowest BCUT2D eigenvalue weighted by atomic mass is 10.1. The summed E-state index contributed by atoms with van der Waals surface area (Å²) in [7, 11) is 3.30. The van der Waals surface area contributed by atoms with Gasteiger partial charge in [-0.1, -0.05) is 6.42 Å². The Balaban J connectivity index is 1.68. The Kier molecular flexibility index (Phi) is 6.67. The van der Waals surface area contributed by atoms with E-state index >= 15 is 0 Å². The van der Waals surface area contributed by atoms with Gasteiger partial charge < -0.3 is 19.1 Å². The van der Waals surface area contributed by atoms with Crippen molar-refractivity contribution in [2.75, 3.05) is 40.5 Å². The number of nitrogens with zero attached hydrogens (tertiary/aromatic N) is 1. The lowest BCUT2D eigenvalue weighted by Gasteiger charge is -2.26. The fraction of sp³-hybridized carbons (Fsp3) is 0.647. The van der Waals surface area contributed by atoms with Crippen LogP contribution >= 0.6 is 0 Å². The molecule has 1 aliphatic rings. The first-order valence-electron chi connectivity index (χ1n) is 7.90. The summed E-state index contributed by atoms with van der Waals surface area (Å²) in [6, 6.07) is 5.64. The van der Waals surface area contributed by atoms with Crippen molar-refractivity contribution in [3.63, 3.8) is 0 Å². The number of hydrogen-bond acceptors (Lipinski definition) is 4. The molecule has 1 aromatic carbocycles. The summed E-state index contributed by atoms with van der Waals surface area (Å²) < 4.78 is 16.3. The van der Waals surface area contributed by atoms with E-state index in [2.05, 4.69) is 4.90 Å². The van der Waals surface area contributed by atoms with E-state index in [0.29, 0.717) is 0 Å². The molecule has 0 saturated carbocycles. The first kappa shape index (κ1) is 16.0. The minimum atomic E-state index is 0.740. The van der Waals surface area contributed by atoms with Crippen LogP contribution in [-0.2, 0) is 0 Å². The van der Waals surface area contributed by atoms with Gasteiger partial charge in [0.15, 0.2) is 0 Å². The summed E-state index contributed by atoms with van der Waals surface area (Å²) in [6.07, 6.45) is 6.40. The minimum Gasteiger partial charge on any atom is -0.496 e. The fourth-order valence-corrected chi connectivity index (χ4v) is 2.68. The summed E-state index contributed by atoms with van der Waals surface area (Å²) in [5, 5.41) is 0. The molecule has 4 heteroatoms. The average molecular weight is 293 g/mol. The summed E-state index contributed by atoms with van der Waals surface area (Å²) >= 11 is 0. The highest BCUT2D eigenvalue weighted by Gasteiger charge is 2.09. The molecule has 1 aliphatic heterocycles. The van der Waals surface area contributed by atoms with Crippen LogP contribution in [0.2, 0.25) is 0 Å². The summed E-state index contributed by atoms with van der Waals surface area (Å²) in [5.41, 5.74) is 0. The molecule has 1 saturated heterocycles. The maximum atomic E-state index is 5.80. The Labute approximate surface area is 128 Å². The monoisotopic (exact) mass is 293 g/mol. The number of ether oxygens (including phenoxy) is 3. The molecule has 0 amide bonds. The second kappa shape index (κ2) is 8.78. The maximum Gasteiger partial charge on any atom is 0.126 e. The standard InChI is InChI=1S/C17H27NO3/c1-19-15-12-16(20-2)14-17(13-15)21-11-7-6-10-18-8-4-3-5-9-18/h12-14H,3-11H2,1-2H3. The predicted molar refractivity (Wildman–Crippen MR) is 84.6 cm³/mol. The van der Waals surface area contributed by atoms with E-state index in [1.54, 1.807) is 14.2 Å². The third-order valence-corrected chi connectivity index (χ3v) is 3.91. The van der Waals surface area contributed by atoms with Gasteiger partial charge in [-0.05, 0) is 45.3 Å². The van der Waals surface area contributed by atoms with Gasteiger partial charge in [0.25, 0.3) is 0 Å². The first-order chi connectivity index (χ1) is 10.3. The molecule has 0 unspecified atom stereocenters. The van der Waals surface area contributed by atoms with Crippen molar-refractivity contribution in [1.82, 2.24) is 4.90 Å². The van der Waals surface area contributed by atoms with Gasteiger partial charge in [-0.25, -0.2) is 0 Å². The number of likely N-dealkylation sites (tertiary alicyclic amines) is 1. The topological polar surface area (TPSA) is 30.9 Å². The zero-order valence-electron chi connectivity index (χ0n) is 13.3. The van der Waals surface area contributed by atoms with Crippen LogP contribution in [0, 0.1) is 0 Å². The molecule has 21 heavy (non-hydrogen) atoms. The molecule has 0 aliphatic carbocycles. The van der Waals surface area contributed by atoms with E-state index < -0.39 is 0 Å². The zero-order valence-corrected chi connectivity index (χ0v) is 13.3. The largest absolute Gasteiger partial charge is 0.496 e. The van der Waals surface area contributed by atoms with Crippen molar-refractivity contribution < 1.29 is 14.2 Å². The van der Waals surface area contributed by atoms with Crippen LogP contribution < -0.4 is 14.2 Å². The fourth-order valence-electron chi connectivity index (χ4n) is 2.68. The molecule has 1 fully saturated rings. The summed E-state index contributed by atoms with van der Waals surface area (Å²) in [4.78, 5) is 2.57. The summed E-state index contributed by atoms with van der Waals surface area (Å²) in [5.74, 6) is 2.33. The molecule has 0 radical (unpaired) electrons. The molecule has 4 nitrogen and oxygen atoms in total. The second-order valence-electron chi connectivity index (χ2n) is 5.51. The first-order valence-corrected chi connectivity index (χ1v) is 7.90. The van der Waals surface area contributed by atoms with E-state index in [1.807, 2.05) is 18.2 Å². The van der Waals surface area contributed by atoms with Crippen LogP contribution in [0.3, 0.4) is 0 Å². The molecule has 118 valence electrons. The molecule has 0 N–H and O–H groups in total. The van der Waals surface area contributed by atoms with Gasteiger partial charge in [0, 0.05) is 18.2 Å². The molecular formula is C17H27NO3. The van der Waals surface area contributed by atoms with Crippen LogP contribution in [0.4, 0.5) is 0 Å². The van der Waals surface area contributed by atoms with Gasteiger partial charge in [-0.3, -0.25) is 0 Å². The lowest BCUT2D eigenvalue weighted by molar-refractivity contribution is 0.215. The highest BCUT2D eigenvalue weighted by molar-refractivity contribution is 5.41. The van der Waals surface area contributed by atoms with Gasteiger partial charge in [-0.15, -0.1) is 0 Å². The second-order valence-corrected chi connectivity index (χ2v) is 5.51. The molecule has 0 aromatic heterocycles. The zero-order chi connectivity index (χ0) is 14.9. The van der Waals surface area contributed by atoms with Crippen molar-refractivity contribution in [2.45, 2.75) is 32.1 Å². The predicted octanol–water partition coefficient (Wildman–Crippen LogP) is 3.35. The van der Waals surface area contributed by atoms with Crippen molar-refractivity contribution in [3.05, 3.63) is 18.2 Å². The minimum absolute atomic E-state index is 0.740. The van der Waals surface area contributed by atoms with Crippen LogP contribution in [-0.4, -0.2) is 45.4 Å². The third-order valence-electron chi connectivity index (χ3n) is 3.91. The molecule has 2 rings (SSSR count). The Morgan fingerprint density at radius 1 is 0.857 bits per heavy atom. The molecule has 1 heterocycles. The Morgan fingerprint density at radius 2 is 1.48 bits per heavy atom. The number of benzene rings is 1. The van der Waals surface area contributed by atoms with Crippen molar-refractivity contribution >= 4 is 0 Å².